The zero-order valence-corrected chi connectivity index (χ0v) is 19.1. The van der Waals surface area contributed by atoms with Gasteiger partial charge in [-0.25, -0.2) is 4.99 Å². The molecule has 0 aromatic heterocycles. The lowest BCUT2D eigenvalue weighted by Gasteiger charge is -2.39. The molecule has 4 atom stereocenters. The number of nitrogens with one attached hydrogen (secondary N) is 1. The normalized spacial score (nSPS) is 31.3. The molecule has 170 valence electrons. The summed E-state index contributed by atoms with van der Waals surface area (Å²) in [7, 11) is 0. The van der Waals surface area contributed by atoms with Crippen molar-refractivity contribution >= 4 is 17.8 Å². The molecule has 0 spiro atoms. The molecule has 2 aromatic rings. The Kier molecular flexibility index (Phi) is 3.99. The highest BCUT2D eigenvalue weighted by atomic mass is 16.3. The molecule has 2 aliphatic carbocycles. The van der Waals surface area contributed by atoms with E-state index >= 15 is 0 Å². The molecular formula is C26H28N4O3. The lowest BCUT2D eigenvalue weighted by molar-refractivity contribution is -0.131. The average Bonchev–Trinajstić information content (AvgIpc) is 3.20. The number of benzene rings is 2. The zero-order valence-electron chi connectivity index (χ0n) is 19.1. The van der Waals surface area contributed by atoms with Gasteiger partial charge < -0.3 is 16.2 Å². The van der Waals surface area contributed by atoms with Crippen LogP contribution in [-0.4, -0.2) is 33.3 Å². The van der Waals surface area contributed by atoms with Crippen LogP contribution in [0.25, 0.3) is 0 Å². The topological polar surface area (TPSA) is 108 Å². The molecule has 0 bridgehead atoms. The van der Waals surface area contributed by atoms with Crippen molar-refractivity contribution in [3.8, 4) is 0 Å². The Morgan fingerprint density at radius 1 is 1.12 bits per heavy atom. The molecule has 6 rings (SSSR count). The number of rotatable bonds is 1. The SMILES string of the molecule is C[C@@H]1C[C@@H](N2C(=O)CC(C)(C)N=C2N)c2cc3c(cc21)[C@]1(O)Cc2ccccc2[C@H]1NC3=O. The Hall–Kier alpha value is -3.19. The van der Waals surface area contributed by atoms with Gasteiger partial charge in [-0.15, -0.1) is 0 Å². The van der Waals surface area contributed by atoms with Gasteiger partial charge in [0.2, 0.25) is 5.91 Å². The fourth-order valence-electron chi connectivity index (χ4n) is 6.33. The quantitative estimate of drug-likeness (QED) is 0.629. The lowest BCUT2D eigenvalue weighted by atomic mass is 9.78. The van der Waals surface area contributed by atoms with E-state index < -0.39 is 17.2 Å². The summed E-state index contributed by atoms with van der Waals surface area (Å²) in [6.07, 6.45) is 1.44. The number of hydrogen-bond acceptors (Lipinski definition) is 5. The molecule has 0 radical (unpaired) electrons. The largest absolute Gasteiger partial charge is 0.382 e. The van der Waals surface area contributed by atoms with Crippen LogP contribution in [0.4, 0.5) is 0 Å². The standard InChI is InChI=1S/C26H28N4O3/c1-13-8-20(30-21(31)12-25(2,3)29-24(30)27)17-9-18-19(10-16(13)17)26(33)11-14-6-4-5-7-15(14)22(26)28-23(18)32/h4-7,9-10,13,20,22,33H,8,11-12H2,1-3H3,(H2,27,29)(H,28,32)/t13-,20-,22-,26-/m1/s1. The molecule has 2 heterocycles. The molecular weight excluding hydrogens is 416 g/mol. The van der Waals surface area contributed by atoms with Gasteiger partial charge in [0.1, 0.15) is 5.60 Å². The van der Waals surface area contributed by atoms with E-state index in [0.29, 0.717) is 30.4 Å². The predicted molar refractivity (Wildman–Crippen MR) is 124 cm³/mol. The fraction of sp³-hybridized carbons (Fsp3) is 0.423. The van der Waals surface area contributed by atoms with E-state index in [9.17, 15) is 14.7 Å². The van der Waals surface area contributed by atoms with Gasteiger partial charge in [0.25, 0.3) is 5.91 Å². The summed E-state index contributed by atoms with van der Waals surface area (Å²) in [4.78, 5) is 32.4. The summed E-state index contributed by atoms with van der Waals surface area (Å²) in [5.74, 6) is 0.130. The second-order valence-corrected chi connectivity index (χ2v) is 10.6. The first-order valence-corrected chi connectivity index (χ1v) is 11.6. The summed E-state index contributed by atoms with van der Waals surface area (Å²) in [5, 5.41) is 14.9. The van der Waals surface area contributed by atoms with Crippen molar-refractivity contribution in [1.29, 1.82) is 0 Å². The first-order chi connectivity index (χ1) is 15.6. The molecule has 4 N–H and O–H groups in total. The van der Waals surface area contributed by atoms with E-state index in [1.165, 1.54) is 0 Å². The molecule has 7 heteroatoms. The maximum absolute atomic E-state index is 13.2. The Balaban J connectivity index is 1.47. The highest BCUT2D eigenvalue weighted by Crippen LogP contribution is 2.52. The van der Waals surface area contributed by atoms with Crippen molar-refractivity contribution in [2.75, 3.05) is 0 Å². The van der Waals surface area contributed by atoms with Crippen LogP contribution in [0.3, 0.4) is 0 Å². The van der Waals surface area contributed by atoms with Crippen molar-refractivity contribution in [3.63, 3.8) is 0 Å². The van der Waals surface area contributed by atoms with Gasteiger partial charge in [-0.2, -0.15) is 0 Å². The number of aliphatic hydroxyl groups is 1. The van der Waals surface area contributed by atoms with E-state index in [-0.39, 0.29) is 29.7 Å². The number of fused-ring (bicyclic) bond motifs is 6. The van der Waals surface area contributed by atoms with Crippen LogP contribution in [-0.2, 0) is 16.8 Å². The van der Waals surface area contributed by atoms with E-state index in [4.69, 9.17) is 5.73 Å². The minimum atomic E-state index is -1.19. The number of guanidine groups is 1. The Morgan fingerprint density at radius 3 is 2.64 bits per heavy atom. The number of carbonyl (C=O) groups excluding carboxylic acids is 2. The van der Waals surface area contributed by atoms with Gasteiger partial charge in [0.15, 0.2) is 5.96 Å². The average molecular weight is 445 g/mol. The minimum Gasteiger partial charge on any atom is -0.382 e. The summed E-state index contributed by atoms with van der Waals surface area (Å²) < 4.78 is 0. The van der Waals surface area contributed by atoms with Crippen LogP contribution in [0, 0.1) is 0 Å². The molecule has 0 saturated heterocycles. The summed E-state index contributed by atoms with van der Waals surface area (Å²) in [5.41, 5.74) is 9.70. The first-order valence-electron chi connectivity index (χ1n) is 11.6. The number of carbonyl (C=O) groups is 2. The Labute approximate surface area is 192 Å². The number of nitrogens with two attached hydrogens (primary N) is 1. The van der Waals surface area contributed by atoms with Crippen molar-refractivity contribution in [2.24, 2.45) is 10.7 Å². The maximum atomic E-state index is 13.2. The van der Waals surface area contributed by atoms with Gasteiger partial charge in [0, 0.05) is 12.0 Å². The van der Waals surface area contributed by atoms with Crippen LogP contribution < -0.4 is 11.1 Å². The van der Waals surface area contributed by atoms with Crippen LogP contribution in [0.1, 0.15) is 89.8 Å². The molecule has 33 heavy (non-hydrogen) atoms. The highest BCUT2D eigenvalue weighted by Gasteiger charge is 2.52. The summed E-state index contributed by atoms with van der Waals surface area (Å²) in [6.45, 7) is 5.92. The van der Waals surface area contributed by atoms with Gasteiger partial charge in [-0.05, 0) is 60.1 Å². The molecule has 2 amide bonds. The van der Waals surface area contributed by atoms with Crippen LogP contribution >= 0.6 is 0 Å². The third-order valence-corrected chi connectivity index (χ3v) is 7.81. The number of hydrogen-bond donors (Lipinski definition) is 3. The molecule has 0 saturated carbocycles. The van der Waals surface area contributed by atoms with E-state index in [1.54, 1.807) is 4.90 Å². The molecule has 0 fully saturated rings. The summed E-state index contributed by atoms with van der Waals surface area (Å²) >= 11 is 0. The smallest absolute Gasteiger partial charge is 0.252 e. The Morgan fingerprint density at radius 2 is 1.88 bits per heavy atom. The van der Waals surface area contributed by atoms with Crippen LogP contribution in [0.15, 0.2) is 41.4 Å². The second kappa shape index (κ2) is 6.44. The molecule has 0 unspecified atom stereocenters. The van der Waals surface area contributed by atoms with Crippen LogP contribution in [0.2, 0.25) is 0 Å². The maximum Gasteiger partial charge on any atom is 0.252 e. The van der Waals surface area contributed by atoms with Crippen molar-refractivity contribution < 1.29 is 14.7 Å². The lowest BCUT2D eigenvalue weighted by Crippen LogP contribution is -2.51. The van der Waals surface area contributed by atoms with E-state index in [1.807, 2.05) is 50.2 Å². The zero-order chi connectivity index (χ0) is 23.3. The number of amides is 2. The molecule has 2 aromatic carbocycles. The van der Waals surface area contributed by atoms with Gasteiger partial charge in [-0.3, -0.25) is 14.5 Å². The monoisotopic (exact) mass is 444 g/mol. The number of nitrogens with zero attached hydrogens (tertiary/aromatic N) is 2. The van der Waals surface area contributed by atoms with Crippen LogP contribution in [0.5, 0.6) is 0 Å². The Bertz CT molecular complexity index is 1270. The van der Waals surface area contributed by atoms with Gasteiger partial charge in [0.05, 0.1) is 24.0 Å². The molecule has 7 nitrogen and oxygen atoms in total. The summed E-state index contributed by atoms with van der Waals surface area (Å²) in [6, 6.07) is 11.0. The van der Waals surface area contributed by atoms with E-state index in [2.05, 4.69) is 17.2 Å². The second-order valence-electron chi connectivity index (χ2n) is 10.6. The predicted octanol–water partition coefficient (Wildman–Crippen LogP) is 2.79. The minimum absolute atomic E-state index is 0.0512. The molecule has 4 aliphatic rings. The van der Waals surface area contributed by atoms with E-state index in [0.717, 1.165) is 22.3 Å². The van der Waals surface area contributed by atoms with Crippen molar-refractivity contribution in [1.82, 2.24) is 10.2 Å². The van der Waals surface area contributed by atoms with Crippen molar-refractivity contribution in [2.45, 2.75) is 69.2 Å². The fourth-order valence-corrected chi connectivity index (χ4v) is 6.33. The molecule has 2 aliphatic heterocycles. The van der Waals surface area contributed by atoms with Gasteiger partial charge in [-0.1, -0.05) is 37.3 Å². The third kappa shape index (κ3) is 2.75. The first kappa shape index (κ1) is 20.4. The number of aliphatic imine (C=N–C) groups is 1. The van der Waals surface area contributed by atoms with Crippen molar-refractivity contribution in [3.05, 3.63) is 69.8 Å². The third-order valence-electron chi connectivity index (χ3n) is 7.81. The highest BCUT2D eigenvalue weighted by molar-refractivity contribution is 6.01. The van der Waals surface area contributed by atoms with Gasteiger partial charge >= 0.3 is 0 Å².